The van der Waals surface area contributed by atoms with E-state index >= 15 is 0 Å². The van der Waals surface area contributed by atoms with Gasteiger partial charge >= 0.3 is 0 Å². The Hall–Kier alpha value is -4.06. The lowest BCUT2D eigenvalue weighted by Gasteiger charge is -2.29. The van der Waals surface area contributed by atoms with Crippen molar-refractivity contribution < 1.29 is 18.3 Å². The van der Waals surface area contributed by atoms with Crippen molar-refractivity contribution in [2.45, 2.75) is 5.41 Å². The Morgan fingerprint density at radius 3 is 1.27 bits per heavy atom. The van der Waals surface area contributed by atoms with Gasteiger partial charge < -0.3 is 20.9 Å². The SMILES string of the molecule is Nc1cccc(Oc2ccc(C(CF)(CF)c3ccc(Oc4cccc(N)c4)cc3)cc2)c1. The van der Waals surface area contributed by atoms with Crippen molar-refractivity contribution in [2.24, 2.45) is 0 Å². The van der Waals surface area contributed by atoms with Crippen LogP contribution in [-0.4, -0.2) is 13.3 Å². The lowest BCUT2D eigenvalue weighted by atomic mass is 9.76. The molecule has 4 aromatic carbocycles. The average Bonchev–Trinajstić information content (AvgIpc) is 2.82. The molecular weight excluding hydrogens is 422 g/mol. The van der Waals surface area contributed by atoms with Crippen LogP contribution in [-0.2, 0) is 5.41 Å². The van der Waals surface area contributed by atoms with Crippen molar-refractivity contribution in [3.8, 4) is 23.0 Å². The van der Waals surface area contributed by atoms with Crippen molar-refractivity contribution in [3.63, 3.8) is 0 Å². The van der Waals surface area contributed by atoms with Crippen LogP contribution in [0.15, 0.2) is 97.1 Å². The standard InChI is InChI=1S/C27H24F2N2O2/c28-17-27(18-29,19-7-11-23(12-8-19)32-25-5-1-3-21(30)15-25)20-9-13-24(14-10-20)33-26-6-2-4-22(31)16-26/h1-16H,17-18,30-31H2. The van der Waals surface area contributed by atoms with Crippen LogP contribution in [0.25, 0.3) is 0 Å². The summed E-state index contributed by atoms with van der Waals surface area (Å²) >= 11 is 0. The van der Waals surface area contributed by atoms with Crippen molar-refractivity contribution in [2.75, 3.05) is 24.8 Å². The maximum Gasteiger partial charge on any atom is 0.129 e. The highest BCUT2D eigenvalue weighted by Crippen LogP contribution is 2.36. The molecule has 4 rings (SSSR count). The molecule has 0 saturated carbocycles. The molecule has 4 N–H and O–H groups in total. The summed E-state index contributed by atoms with van der Waals surface area (Å²) in [6.45, 7) is -1.79. The van der Waals surface area contributed by atoms with E-state index < -0.39 is 18.8 Å². The Kier molecular flexibility index (Phi) is 6.45. The van der Waals surface area contributed by atoms with E-state index in [0.717, 1.165) is 0 Å². The van der Waals surface area contributed by atoms with E-state index in [9.17, 15) is 8.78 Å². The molecule has 0 unspecified atom stereocenters. The first-order valence-corrected chi connectivity index (χ1v) is 10.4. The first-order chi connectivity index (χ1) is 16.0. The van der Waals surface area contributed by atoms with Crippen LogP contribution in [0.5, 0.6) is 23.0 Å². The molecule has 168 valence electrons. The summed E-state index contributed by atoms with van der Waals surface area (Å²) in [5, 5.41) is 0. The molecule has 4 aromatic rings. The number of halogens is 2. The van der Waals surface area contributed by atoms with Crippen LogP contribution in [0.3, 0.4) is 0 Å². The number of nitrogen functional groups attached to an aromatic ring is 2. The van der Waals surface area contributed by atoms with E-state index in [0.29, 0.717) is 45.5 Å². The third-order valence-electron chi connectivity index (χ3n) is 5.46. The van der Waals surface area contributed by atoms with Gasteiger partial charge in [-0.05, 0) is 59.7 Å². The molecule has 0 saturated heterocycles. The van der Waals surface area contributed by atoms with Gasteiger partial charge in [0.25, 0.3) is 0 Å². The van der Waals surface area contributed by atoms with Gasteiger partial charge in [-0.2, -0.15) is 0 Å². The van der Waals surface area contributed by atoms with Gasteiger partial charge in [0.15, 0.2) is 0 Å². The normalized spacial score (nSPS) is 11.2. The van der Waals surface area contributed by atoms with Gasteiger partial charge in [-0.3, -0.25) is 0 Å². The largest absolute Gasteiger partial charge is 0.457 e. The highest BCUT2D eigenvalue weighted by atomic mass is 19.1. The maximum atomic E-state index is 14.3. The number of alkyl halides is 2. The Bertz CT molecular complexity index is 1110. The molecule has 6 heteroatoms. The van der Waals surface area contributed by atoms with Crippen molar-refractivity contribution in [1.29, 1.82) is 0 Å². The van der Waals surface area contributed by atoms with Crippen LogP contribution in [0, 0.1) is 0 Å². The van der Waals surface area contributed by atoms with Crippen molar-refractivity contribution in [3.05, 3.63) is 108 Å². The summed E-state index contributed by atoms with van der Waals surface area (Å²) in [5.74, 6) is 2.25. The maximum absolute atomic E-state index is 14.3. The van der Waals surface area contributed by atoms with E-state index in [-0.39, 0.29) is 0 Å². The van der Waals surface area contributed by atoms with E-state index in [1.54, 1.807) is 97.1 Å². The summed E-state index contributed by atoms with van der Waals surface area (Å²) in [5.41, 5.74) is 12.3. The second-order valence-electron chi connectivity index (χ2n) is 7.75. The zero-order valence-corrected chi connectivity index (χ0v) is 17.9. The van der Waals surface area contributed by atoms with E-state index in [1.807, 2.05) is 0 Å². The summed E-state index contributed by atoms with van der Waals surface area (Å²) in [7, 11) is 0. The van der Waals surface area contributed by atoms with Crippen LogP contribution in [0.4, 0.5) is 20.2 Å². The topological polar surface area (TPSA) is 70.5 Å². The quantitative estimate of drug-likeness (QED) is 0.297. The van der Waals surface area contributed by atoms with Gasteiger partial charge in [0.1, 0.15) is 36.3 Å². The smallest absolute Gasteiger partial charge is 0.129 e. The predicted molar refractivity (Wildman–Crippen MR) is 127 cm³/mol. The molecule has 0 fully saturated rings. The van der Waals surface area contributed by atoms with E-state index in [1.165, 1.54) is 0 Å². The van der Waals surface area contributed by atoms with E-state index in [2.05, 4.69) is 0 Å². The van der Waals surface area contributed by atoms with Gasteiger partial charge in [0.2, 0.25) is 0 Å². The first kappa shape index (κ1) is 22.1. The molecule has 0 bridgehead atoms. The molecule has 0 atom stereocenters. The summed E-state index contributed by atoms with van der Waals surface area (Å²) in [6, 6.07) is 27.5. The van der Waals surface area contributed by atoms with Gasteiger partial charge in [-0.25, -0.2) is 8.78 Å². The number of hydrogen-bond donors (Lipinski definition) is 2. The van der Waals surface area contributed by atoms with Crippen LogP contribution in [0.2, 0.25) is 0 Å². The lowest BCUT2D eigenvalue weighted by molar-refractivity contribution is 0.278. The second-order valence-corrected chi connectivity index (χ2v) is 7.75. The van der Waals surface area contributed by atoms with Crippen LogP contribution in [0.1, 0.15) is 11.1 Å². The fourth-order valence-corrected chi connectivity index (χ4v) is 3.62. The highest BCUT2D eigenvalue weighted by molar-refractivity contribution is 5.48. The van der Waals surface area contributed by atoms with Gasteiger partial charge in [0.05, 0.1) is 5.41 Å². The van der Waals surface area contributed by atoms with Crippen LogP contribution >= 0.6 is 0 Å². The lowest BCUT2D eigenvalue weighted by Crippen LogP contribution is -2.32. The van der Waals surface area contributed by atoms with Gasteiger partial charge in [-0.1, -0.05) is 36.4 Å². The minimum absolute atomic E-state index is 0.511. The third-order valence-corrected chi connectivity index (χ3v) is 5.46. The molecular formula is C27H24F2N2O2. The van der Waals surface area contributed by atoms with Crippen LogP contribution < -0.4 is 20.9 Å². The summed E-state index contributed by atoms with van der Waals surface area (Å²) in [6.07, 6.45) is 0. The fourth-order valence-electron chi connectivity index (χ4n) is 3.62. The van der Waals surface area contributed by atoms with Crippen molar-refractivity contribution in [1.82, 2.24) is 0 Å². The van der Waals surface area contributed by atoms with E-state index in [4.69, 9.17) is 20.9 Å². The van der Waals surface area contributed by atoms with Gasteiger partial charge in [-0.15, -0.1) is 0 Å². The Balaban J connectivity index is 1.56. The Morgan fingerprint density at radius 1 is 0.545 bits per heavy atom. The fraction of sp³-hybridized carbons (Fsp3) is 0.111. The first-order valence-electron chi connectivity index (χ1n) is 10.4. The average molecular weight is 446 g/mol. The Morgan fingerprint density at radius 2 is 0.939 bits per heavy atom. The molecule has 0 aliphatic heterocycles. The Labute approximate surface area is 191 Å². The predicted octanol–water partition coefficient (Wildman–Crippen LogP) is 6.66. The number of hydrogen-bond acceptors (Lipinski definition) is 4. The molecule has 33 heavy (non-hydrogen) atoms. The van der Waals surface area contributed by atoms with Gasteiger partial charge in [0, 0.05) is 23.5 Å². The minimum atomic E-state index is -1.43. The highest BCUT2D eigenvalue weighted by Gasteiger charge is 2.35. The minimum Gasteiger partial charge on any atom is -0.457 e. The number of nitrogens with two attached hydrogens (primary N) is 2. The molecule has 0 aromatic heterocycles. The number of benzene rings is 4. The molecule has 0 aliphatic rings. The number of anilines is 2. The summed E-state index contributed by atoms with van der Waals surface area (Å²) in [4.78, 5) is 0. The molecule has 4 nitrogen and oxygen atoms in total. The number of ether oxygens (including phenoxy) is 2. The third kappa shape index (κ3) is 4.90. The zero-order valence-electron chi connectivity index (χ0n) is 17.9. The number of rotatable bonds is 8. The second kappa shape index (κ2) is 9.61. The summed E-state index contributed by atoms with van der Waals surface area (Å²) < 4.78 is 40.3. The molecule has 0 radical (unpaired) electrons. The monoisotopic (exact) mass is 446 g/mol. The molecule has 0 spiro atoms. The van der Waals surface area contributed by atoms with Crippen molar-refractivity contribution >= 4 is 11.4 Å². The molecule has 0 aliphatic carbocycles. The zero-order chi connectivity index (χ0) is 23.3. The molecule has 0 heterocycles. The molecule has 0 amide bonds.